The van der Waals surface area contributed by atoms with Gasteiger partial charge in [-0.25, -0.2) is 4.98 Å². The van der Waals surface area contributed by atoms with E-state index in [2.05, 4.69) is 36.8 Å². The van der Waals surface area contributed by atoms with Crippen molar-refractivity contribution in [1.82, 2.24) is 4.98 Å². The Hall–Kier alpha value is -0.720. The molecule has 0 atom stereocenters. The second-order valence-electron chi connectivity index (χ2n) is 4.60. The number of hydrogen-bond donors (Lipinski definition) is 1. The van der Waals surface area contributed by atoms with Gasteiger partial charge in [-0.2, -0.15) is 0 Å². The highest BCUT2D eigenvalue weighted by atomic mass is 79.9. The van der Waals surface area contributed by atoms with Gasteiger partial charge in [0.05, 0.1) is 5.69 Å². The van der Waals surface area contributed by atoms with E-state index in [1.807, 2.05) is 18.2 Å². The predicted molar refractivity (Wildman–Crippen MR) is 83.6 cm³/mol. The van der Waals surface area contributed by atoms with E-state index in [1.54, 1.807) is 19.2 Å². The first kappa shape index (κ1) is 14.7. The Bertz CT molecular complexity index is 637. The fourth-order valence-corrected chi connectivity index (χ4v) is 3.04. The van der Waals surface area contributed by atoms with Gasteiger partial charge in [0.25, 0.3) is 0 Å². The second-order valence-corrected chi connectivity index (χ2v) is 7.16. The van der Waals surface area contributed by atoms with Crippen LogP contribution in [-0.4, -0.2) is 16.1 Å². The van der Waals surface area contributed by atoms with Crippen molar-refractivity contribution in [3.8, 4) is 10.6 Å². The third-order valence-corrected chi connectivity index (χ3v) is 5.62. The molecule has 0 fully saturated rings. The van der Waals surface area contributed by atoms with Crippen LogP contribution in [0, 0.1) is 0 Å². The molecule has 100 valence electrons. The molecule has 1 heterocycles. The highest BCUT2D eigenvalue weighted by Gasteiger charge is 2.32. The van der Waals surface area contributed by atoms with Crippen LogP contribution in [0.1, 0.15) is 19.5 Å². The molecule has 0 saturated carbocycles. The Morgan fingerprint density at radius 1 is 1.32 bits per heavy atom. The maximum atomic E-state index is 11.2. The summed E-state index contributed by atoms with van der Waals surface area (Å²) in [6, 6.07) is 5.84. The molecule has 6 heteroatoms. The third-order valence-electron chi connectivity index (χ3n) is 2.85. The van der Waals surface area contributed by atoms with Crippen LogP contribution in [-0.2, 0) is 10.2 Å². The summed E-state index contributed by atoms with van der Waals surface area (Å²) in [6.45, 7) is 3.32. The number of aromatic nitrogens is 1. The van der Waals surface area contributed by atoms with Crippen molar-refractivity contribution in [3.63, 3.8) is 0 Å². The summed E-state index contributed by atoms with van der Waals surface area (Å²) < 4.78 is 1.91. The quantitative estimate of drug-likeness (QED) is 0.806. The van der Waals surface area contributed by atoms with E-state index in [-0.39, 0.29) is 0 Å². The minimum absolute atomic E-state index is 0.582. The number of thiazole rings is 1. The summed E-state index contributed by atoms with van der Waals surface area (Å²) in [6.07, 6.45) is 0. The Kier molecular flexibility index (Phi) is 4.13. The van der Waals surface area contributed by atoms with Crippen molar-refractivity contribution in [2.75, 3.05) is 0 Å². The van der Waals surface area contributed by atoms with Gasteiger partial charge < -0.3 is 5.11 Å². The summed E-state index contributed by atoms with van der Waals surface area (Å²) in [4.78, 5) is 15.7. The topological polar surface area (TPSA) is 50.2 Å². The van der Waals surface area contributed by atoms with Crippen molar-refractivity contribution in [3.05, 3.63) is 38.2 Å². The van der Waals surface area contributed by atoms with Gasteiger partial charge in [-0.1, -0.05) is 6.07 Å². The monoisotopic (exact) mass is 403 g/mol. The first-order chi connectivity index (χ1) is 8.82. The minimum atomic E-state index is -0.971. The molecule has 0 bridgehead atoms. The number of rotatable bonds is 3. The zero-order valence-corrected chi connectivity index (χ0v) is 14.3. The highest BCUT2D eigenvalue weighted by molar-refractivity contribution is 9.13. The summed E-state index contributed by atoms with van der Waals surface area (Å²) >= 11 is 8.32. The van der Waals surface area contributed by atoms with Crippen LogP contribution in [0.2, 0.25) is 0 Å². The van der Waals surface area contributed by atoms with Crippen LogP contribution < -0.4 is 0 Å². The standard InChI is InChI=1S/C13H11Br2NO2S/c1-13(2,12(17)18)10-6-19-11(16-10)7-3-4-8(14)9(15)5-7/h3-6H,1-2H3,(H,17,18). The molecule has 0 unspecified atom stereocenters. The molecule has 19 heavy (non-hydrogen) atoms. The van der Waals surface area contributed by atoms with Crippen molar-refractivity contribution < 1.29 is 9.90 Å². The maximum Gasteiger partial charge on any atom is 0.315 e. The lowest BCUT2D eigenvalue weighted by Gasteiger charge is -2.15. The van der Waals surface area contributed by atoms with E-state index in [9.17, 15) is 9.90 Å². The molecule has 3 nitrogen and oxygen atoms in total. The molecule has 1 aromatic carbocycles. The van der Waals surface area contributed by atoms with Gasteiger partial charge in [-0.15, -0.1) is 11.3 Å². The summed E-state index contributed by atoms with van der Waals surface area (Å²) in [5.41, 5.74) is 0.577. The fraction of sp³-hybridized carbons (Fsp3) is 0.231. The number of aliphatic carboxylic acids is 1. The number of halogens is 2. The van der Waals surface area contributed by atoms with Crippen molar-refractivity contribution >= 4 is 49.2 Å². The van der Waals surface area contributed by atoms with Gasteiger partial charge in [0.1, 0.15) is 10.4 Å². The summed E-state index contributed by atoms with van der Waals surface area (Å²) in [7, 11) is 0. The largest absolute Gasteiger partial charge is 0.481 e. The van der Waals surface area contributed by atoms with Gasteiger partial charge in [0, 0.05) is 19.9 Å². The summed E-state index contributed by atoms with van der Waals surface area (Å²) in [5, 5.41) is 11.8. The van der Waals surface area contributed by atoms with E-state index in [0.717, 1.165) is 19.5 Å². The molecule has 0 saturated heterocycles. The second kappa shape index (κ2) is 5.34. The zero-order valence-electron chi connectivity index (χ0n) is 10.3. The van der Waals surface area contributed by atoms with Crippen LogP contribution in [0.4, 0.5) is 0 Å². The Labute approximate surface area is 131 Å². The van der Waals surface area contributed by atoms with Gasteiger partial charge in [-0.05, 0) is 57.8 Å². The van der Waals surface area contributed by atoms with Crippen LogP contribution >= 0.6 is 43.2 Å². The molecular formula is C13H11Br2NO2S. The average molecular weight is 405 g/mol. The molecule has 2 rings (SSSR count). The molecule has 0 radical (unpaired) electrons. The lowest BCUT2D eigenvalue weighted by molar-refractivity contribution is -0.142. The van der Waals surface area contributed by atoms with E-state index in [0.29, 0.717) is 5.69 Å². The molecule has 2 aromatic rings. The van der Waals surface area contributed by atoms with Gasteiger partial charge in [0.2, 0.25) is 0 Å². The molecule has 0 aliphatic carbocycles. The molecule has 0 aliphatic rings. The van der Waals surface area contributed by atoms with Crippen LogP contribution in [0.15, 0.2) is 32.5 Å². The van der Waals surface area contributed by atoms with Gasteiger partial charge in [-0.3, -0.25) is 4.79 Å². The SMILES string of the molecule is CC(C)(C(=O)O)c1csc(-c2ccc(Br)c(Br)c2)n1. The van der Waals surface area contributed by atoms with E-state index >= 15 is 0 Å². The lowest BCUT2D eigenvalue weighted by atomic mass is 9.90. The van der Waals surface area contributed by atoms with E-state index < -0.39 is 11.4 Å². The predicted octanol–water partition coefficient (Wildman–Crippen LogP) is 4.70. The molecule has 1 N–H and O–H groups in total. The first-order valence-corrected chi connectivity index (χ1v) is 7.94. The highest BCUT2D eigenvalue weighted by Crippen LogP contribution is 2.33. The van der Waals surface area contributed by atoms with Crippen LogP contribution in [0.3, 0.4) is 0 Å². The average Bonchev–Trinajstić information content (AvgIpc) is 2.82. The minimum Gasteiger partial charge on any atom is -0.481 e. The maximum absolute atomic E-state index is 11.2. The molecule has 0 aliphatic heterocycles. The normalized spacial score (nSPS) is 11.6. The van der Waals surface area contributed by atoms with Crippen LogP contribution in [0.5, 0.6) is 0 Å². The fourth-order valence-electron chi connectivity index (χ4n) is 1.43. The first-order valence-electron chi connectivity index (χ1n) is 5.47. The zero-order chi connectivity index (χ0) is 14.2. The smallest absolute Gasteiger partial charge is 0.315 e. The van der Waals surface area contributed by atoms with Crippen molar-refractivity contribution in [1.29, 1.82) is 0 Å². The lowest BCUT2D eigenvalue weighted by Crippen LogP contribution is -2.28. The van der Waals surface area contributed by atoms with E-state index in [4.69, 9.17) is 0 Å². The number of benzene rings is 1. The molecular weight excluding hydrogens is 394 g/mol. The van der Waals surface area contributed by atoms with Crippen molar-refractivity contribution in [2.24, 2.45) is 0 Å². The van der Waals surface area contributed by atoms with Gasteiger partial charge >= 0.3 is 5.97 Å². The number of carboxylic acids is 1. The Morgan fingerprint density at radius 3 is 2.58 bits per heavy atom. The molecule has 0 amide bonds. The number of carbonyl (C=O) groups is 1. The number of nitrogens with zero attached hydrogens (tertiary/aromatic N) is 1. The summed E-state index contributed by atoms with van der Waals surface area (Å²) in [5.74, 6) is -0.874. The van der Waals surface area contributed by atoms with E-state index in [1.165, 1.54) is 11.3 Å². The Balaban J connectivity index is 2.41. The third kappa shape index (κ3) is 2.90. The number of carboxylic acid groups (broad SMARTS) is 1. The molecule has 0 spiro atoms. The van der Waals surface area contributed by atoms with Crippen molar-refractivity contribution in [2.45, 2.75) is 19.3 Å². The van der Waals surface area contributed by atoms with Crippen LogP contribution in [0.25, 0.3) is 10.6 Å². The Morgan fingerprint density at radius 2 is 2.00 bits per heavy atom. The molecule has 1 aromatic heterocycles. The number of hydrogen-bond acceptors (Lipinski definition) is 3. The van der Waals surface area contributed by atoms with Gasteiger partial charge in [0.15, 0.2) is 0 Å².